The summed E-state index contributed by atoms with van der Waals surface area (Å²) in [5.74, 6) is -1.21. The predicted octanol–water partition coefficient (Wildman–Crippen LogP) is 0.203. The summed E-state index contributed by atoms with van der Waals surface area (Å²) in [6.07, 6.45) is 0.316. The van der Waals surface area contributed by atoms with Crippen molar-refractivity contribution in [3.63, 3.8) is 0 Å². The van der Waals surface area contributed by atoms with Crippen molar-refractivity contribution in [2.24, 2.45) is 5.73 Å². The van der Waals surface area contributed by atoms with Crippen molar-refractivity contribution >= 4 is 29.2 Å². The van der Waals surface area contributed by atoms with E-state index >= 15 is 0 Å². The molecule has 1 aromatic rings. The number of thiocarbonyl (C=S) groups is 1. The number of amides is 2. The van der Waals surface area contributed by atoms with Crippen molar-refractivity contribution in [1.82, 2.24) is 10.6 Å². The molecule has 0 saturated heterocycles. The van der Waals surface area contributed by atoms with Gasteiger partial charge in [-0.2, -0.15) is 0 Å². The molecular weight excluding hydrogens is 322 g/mol. The van der Waals surface area contributed by atoms with Crippen LogP contribution in [0.2, 0.25) is 0 Å². The minimum atomic E-state index is -1.18. The molecule has 0 saturated carbocycles. The lowest BCUT2D eigenvalue weighted by atomic mass is 10.1. The number of aliphatic hydroxyl groups is 1. The van der Waals surface area contributed by atoms with Crippen LogP contribution < -0.4 is 16.4 Å². The number of aromatic hydroxyl groups is 1. The number of nitrogens with two attached hydrogens (primary N) is 1. The predicted molar refractivity (Wildman–Crippen MR) is 86.8 cm³/mol. The van der Waals surface area contributed by atoms with E-state index in [1.807, 2.05) is 0 Å². The molecule has 0 aliphatic rings. The summed E-state index contributed by atoms with van der Waals surface area (Å²) in [5, 5.41) is 32.4. The van der Waals surface area contributed by atoms with Crippen molar-refractivity contribution in [2.75, 3.05) is 0 Å². The molecule has 7 N–H and O–H groups in total. The number of phenols is 1. The smallest absolute Gasteiger partial charge is 0.326 e. The minimum absolute atomic E-state index is 0.0376. The van der Waals surface area contributed by atoms with Crippen LogP contribution in [0.15, 0.2) is 18.2 Å². The summed E-state index contributed by atoms with van der Waals surface area (Å²) >= 11 is 4.68. The van der Waals surface area contributed by atoms with E-state index in [0.29, 0.717) is 11.1 Å². The lowest BCUT2D eigenvalue weighted by Crippen LogP contribution is -2.46. The fraction of sp³-hybridized carbons (Fsp3) is 0.357. The Labute approximate surface area is 138 Å². The van der Waals surface area contributed by atoms with Gasteiger partial charge in [-0.05, 0) is 24.1 Å². The van der Waals surface area contributed by atoms with Crippen molar-refractivity contribution < 1.29 is 24.9 Å². The van der Waals surface area contributed by atoms with Gasteiger partial charge < -0.3 is 31.7 Å². The Kier molecular flexibility index (Phi) is 7.23. The van der Waals surface area contributed by atoms with Crippen molar-refractivity contribution in [3.05, 3.63) is 29.3 Å². The second-order valence-electron chi connectivity index (χ2n) is 4.84. The van der Waals surface area contributed by atoms with Crippen LogP contribution in [0.3, 0.4) is 0 Å². The molecule has 0 aliphatic heterocycles. The normalized spacial score (nSPS) is 11.5. The van der Waals surface area contributed by atoms with Gasteiger partial charge in [0.15, 0.2) is 0 Å². The van der Waals surface area contributed by atoms with Gasteiger partial charge in [-0.3, -0.25) is 0 Å². The van der Waals surface area contributed by atoms with Crippen molar-refractivity contribution in [2.45, 2.75) is 32.0 Å². The highest BCUT2D eigenvalue weighted by Crippen LogP contribution is 2.18. The number of aliphatic carboxylic acids is 1. The molecule has 0 aliphatic carbocycles. The van der Waals surface area contributed by atoms with Gasteiger partial charge in [-0.15, -0.1) is 0 Å². The number of hydrogen-bond acceptors (Lipinski definition) is 5. The van der Waals surface area contributed by atoms with Crippen molar-refractivity contribution in [3.8, 4) is 5.75 Å². The summed E-state index contributed by atoms with van der Waals surface area (Å²) in [6.45, 7) is -0.216. The van der Waals surface area contributed by atoms with Gasteiger partial charge in [0.2, 0.25) is 0 Å². The van der Waals surface area contributed by atoms with Gasteiger partial charge in [0.1, 0.15) is 11.8 Å². The molecule has 2 amide bonds. The fourth-order valence-corrected chi connectivity index (χ4v) is 1.93. The van der Waals surface area contributed by atoms with Crippen LogP contribution >= 0.6 is 12.2 Å². The number of urea groups is 1. The second-order valence-corrected chi connectivity index (χ2v) is 5.37. The van der Waals surface area contributed by atoms with E-state index in [1.165, 1.54) is 12.1 Å². The van der Waals surface area contributed by atoms with E-state index in [9.17, 15) is 14.7 Å². The van der Waals surface area contributed by atoms with Crippen LogP contribution in [-0.2, 0) is 17.9 Å². The number of carboxylic acids is 1. The van der Waals surface area contributed by atoms with Gasteiger partial charge in [0, 0.05) is 18.5 Å². The second kappa shape index (κ2) is 8.91. The molecule has 126 valence electrons. The standard InChI is InChI=1S/C14H19N3O5S/c15-12(23)4-2-10(13(20)21)17-14(22)16-6-8-1-3-11(19)9(5-8)7-18/h1,3,5,10,18-19H,2,4,6-7H2,(H2,15,23)(H,20,21)(H2,16,17,22). The van der Waals surface area contributed by atoms with Crippen LogP contribution in [-0.4, -0.2) is 38.4 Å². The Balaban J connectivity index is 2.54. The highest BCUT2D eigenvalue weighted by molar-refractivity contribution is 7.80. The van der Waals surface area contributed by atoms with Crippen LogP contribution in [0.4, 0.5) is 4.79 Å². The average molecular weight is 341 g/mol. The summed E-state index contributed by atoms with van der Waals surface area (Å²) in [4.78, 5) is 23.0. The molecule has 1 aromatic carbocycles. The maximum absolute atomic E-state index is 11.7. The van der Waals surface area contributed by atoms with Gasteiger partial charge in [0.25, 0.3) is 0 Å². The minimum Gasteiger partial charge on any atom is -0.508 e. The number of nitrogens with one attached hydrogen (secondary N) is 2. The monoisotopic (exact) mass is 341 g/mol. The molecule has 0 spiro atoms. The average Bonchev–Trinajstić information content (AvgIpc) is 2.50. The van der Waals surface area contributed by atoms with Gasteiger partial charge in [-0.25, -0.2) is 9.59 Å². The first-order valence-corrected chi connectivity index (χ1v) is 7.21. The Hall–Kier alpha value is -2.39. The molecule has 0 heterocycles. The van der Waals surface area contributed by atoms with E-state index in [0.717, 1.165) is 0 Å². The number of carbonyl (C=O) groups is 2. The molecule has 23 heavy (non-hydrogen) atoms. The SMILES string of the molecule is NC(=S)CCC(NC(=O)NCc1ccc(O)c(CO)c1)C(=O)O. The van der Waals surface area contributed by atoms with Crippen LogP contribution in [0.25, 0.3) is 0 Å². The van der Waals surface area contributed by atoms with Crippen LogP contribution in [0.1, 0.15) is 24.0 Å². The van der Waals surface area contributed by atoms with Gasteiger partial charge >= 0.3 is 12.0 Å². The molecule has 0 aromatic heterocycles. The summed E-state index contributed by atoms with van der Waals surface area (Å²) < 4.78 is 0. The molecular formula is C14H19N3O5S. The third kappa shape index (κ3) is 6.49. The molecule has 1 unspecified atom stereocenters. The van der Waals surface area contributed by atoms with E-state index in [2.05, 4.69) is 22.9 Å². The topological polar surface area (TPSA) is 145 Å². The van der Waals surface area contributed by atoms with E-state index in [4.69, 9.17) is 15.9 Å². The van der Waals surface area contributed by atoms with Crippen LogP contribution in [0, 0.1) is 0 Å². The maximum Gasteiger partial charge on any atom is 0.326 e. The number of rotatable bonds is 8. The Morgan fingerprint density at radius 2 is 2.04 bits per heavy atom. The highest BCUT2D eigenvalue weighted by Gasteiger charge is 2.19. The Morgan fingerprint density at radius 1 is 1.35 bits per heavy atom. The first-order chi connectivity index (χ1) is 10.8. The fourth-order valence-electron chi connectivity index (χ4n) is 1.81. The number of benzene rings is 1. The number of carboxylic acid groups (broad SMARTS) is 1. The molecule has 0 radical (unpaired) electrons. The Morgan fingerprint density at radius 3 is 2.61 bits per heavy atom. The third-order valence-electron chi connectivity index (χ3n) is 3.05. The van der Waals surface area contributed by atoms with Gasteiger partial charge in [-0.1, -0.05) is 18.3 Å². The highest BCUT2D eigenvalue weighted by atomic mass is 32.1. The van der Waals surface area contributed by atoms with E-state index < -0.39 is 18.0 Å². The van der Waals surface area contributed by atoms with Gasteiger partial charge in [0.05, 0.1) is 11.6 Å². The van der Waals surface area contributed by atoms with E-state index in [-0.39, 0.29) is 36.7 Å². The first kappa shape index (κ1) is 18.7. The Bertz CT molecular complexity index is 594. The largest absolute Gasteiger partial charge is 0.508 e. The zero-order valence-corrected chi connectivity index (χ0v) is 13.1. The number of hydrogen-bond donors (Lipinski definition) is 6. The molecule has 9 heteroatoms. The quantitative estimate of drug-likeness (QED) is 0.371. The molecule has 1 atom stereocenters. The van der Waals surface area contributed by atoms with Crippen molar-refractivity contribution in [1.29, 1.82) is 0 Å². The lowest BCUT2D eigenvalue weighted by molar-refractivity contribution is -0.139. The zero-order chi connectivity index (χ0) is 17.4. The molecule has 0 bridgehead atoms. The number of aliphatic hydroxyl groups excluding tert-OH is 1. The summed E-state index contributed by atoms with van der Waals surface area (Å²) in [6, 6.07) is 2.78. The summed E-state index contributed by atoms with van der Waals surface area (Å²) in [5.41, 5.74) is 6.30. The molecule has 1 rings (SSSR count). The van der Waals surface area contributed by atoms with Crippen LogP contribution in [0.5, 0.6) is 5.75 Å². The first-order valence-electron chi connectivity index (χ1n) is 6.80. The third-order valence-corrected chi connectivity index (χ3v) is 3.25. The zero-order valence-electron chi connectivity index (χ0n) is 12.3. The summed E-state index contributed by atoms with van der Waals surface area (Å²) in [7, 11) is 0. The van der Waals surface area contributed by atoms with E-state index in [1.54, 1.807) is 6.07 Å². The number of carbonyl (C=O) groups excluding carboxylic acids is 1. The molecule has 8 nitrogen and oxygen atoms in total. The maximum atomic E-state index is 11.7. The lowest BCUT2D eigenvalue weighted by Gasteiger charge is -2.15. The molecule has 0 fully saturated rings.